The van der Waals surface area contributed by atoms with Gasteiger partial charge in [0.2, 0.25) is 5.95 Å². The third-order valence-electron chi connectivity index (χ3n) is 2.47. The van der Waals surface area contributed by atoms with Gasteiger partial charge in [0, 0.05) is 24.3 Å². The molecule has 80 valence electrons. The van der Waals surface area contributed by atoms with Crippen molar-refractivity contribution in [3.8, 4) is 0 Å². The van der Waals surface area contributed by atoms with Crippen LogP contribution in [0.3, 0.4) is 0 Å². The minimum absolute atomic E-state index is 0.347. The normalized spacial score (nSPS) is 15.0. The quantitative estimate of drug-likeness (QED) is 0.755. The summed E-state index contributed by atoms with van der Waals surface area (Å²) in [5.41, 5.74) is 6.55. The van der Waals surface area contributed by atoms with Gasteiger partial charge in [-0.1, -0.05) is 6.08 Å². The predicted molar refractivity (Wildman–Crippen MR) is 61.7 cm³/mol. The largest absolute Gasteiger partial charge is 0.368 e. The zero-order valence-corrected chi connectivity index (χ0v) is 8.98. The van der Waals surface area contributed by atoms with E-state index in [4.69, 9.17) is 5.73 Å². The van der Waals surface area contributed by atoms with Crippen molar-refractivity contribution in [3.63, 3.8) is 0 Å². The summed E-state index contributed by atoms with van der Waals surface area (Å²) in [6.07, 6.45) is 4.36. The number of aryl methyl sites for hydroxylation is 1. The molecule has 2 N–H and O–H groups in total. The number of nitrogens with zero attached hydrogens (tertiary/aromatic N) is 3. The predicted octanol–water partition coefficient (Wildman–Crippen LogP) is 1.52. The minimum atomic E-state index is 0.347. The molecule has 1 saturated carbocycles. The van der Waals surface area contributed by atoms with Crippen molar-refractivity contribution in [2.24, 2.45) is 0 Å². The molecular formula is C11H16N4. The lowest BCUT2D eigenvalue weighted by molar-refractivity contribution is 0.836. The van der Waals surface area contributed by atoms with Crippen molar-refractivity contribution in [3.05, 3.63) is 24.4 Å². The van der Waals surface area contributed by atoms with Gasteiger partial charge >= 0.3 is 0 Å². The summed E-state index contributed by atoms with van der Waals surface area (Å²) >= 11 is 0. The smallest absolute Gasteiger partial charge is 0.222 e. The Morgan fingerprint density at radius 3 is 2.87 bits per heavy atom. The fourth-order valence-electron chi connectivity index (χ4n) is 1.68. The molecule has 4 heteroatoms. The maximum Gasteiger partial charge on any atom is 0.222 e. The maximum absolute atomic E-state index is 5.64. The molecule has 0 aliphatic heterocycles. The Labute approximate surface area is 89.8 Å². The molecule has 4 nitrogen and oxygen atoms in total. The van der Waals surface area contributed by atoms with Crippen molar-refractivity contribution in [1.29, 1.82) is 0 Å². The van der Waals surface area contributed by atoms with Gasteiger partial charge in [-0.05, 0) is 19.8 Å². The van der Waals surface area contributed by atoms with Crippen LogP contribution < -0.4 is 10.6 Å². The molecular weight excluding hydrogens is 188 g/mol. The summed E-state index contributed by atoms with van der Waals surface area (Å²) in [5.74, 6) is 1.27. The summed E-state index contributed by atoms with van der Waals surface area (Å²) < 4.78 is 0. The van der Waals surface area contributed by atoms with Crippen LogP contribution in [0.25, 0.3) is 0 Å². The standard InChI is InChI=1S/C11H16N4/c1-3-6-15(9-4-5-9)10-7-8(2)13-11(12)14-10/h3,7,9H,1,4-6H2,2H3,(H2,12,13,14). The third kappa shape index (κ3) is 2.26. The summed E-state index contributed by atoms with van der Waals surface area (Å²) in [6, 6.07) is 2.58. The molecule has 1 aliphatic carbocycles. The van der Waals surface area contributed by atoms with Crippen molar-refractivity contribution < 1.29 is 0 Å². The second-order valence-corrected chi connectivity index (χ2v) is 3.90. The van der Waals surface area contributed by atoms with E-state index in [2.05, 4.69) is 21.4 Å². The highest BCUT2D eigenvalue weighted by Crippen LogP contribution is 2.30. The van der Waals surface area contributed by atoms with E-state index in [0.717, 1.165) is 18.1 Å². The molecule has 1 aromatic heterocycles. The van der Waals surface area contributed by atoms with Gasteiger partial charge in [0.15, 0.2) is 0 Å². The van der Waals surface area contributed by atoms with Crippen LogP contribution in [-0.2, 0) is 0 Å². The SMILES string of the molecule is C=CCN(c1cc(C)nc(N)n1)C1CC1. The average molecular weight is 204 g/mol. The molecule has 1 fully saturated rings. The van der Waals surface area contributed by atoms with Gasteiger partial charge in [0.25, 0.3) is 0 Å². The zero-order chi connectivity index (χ0) is 10.8. The molecule has 0 bridgehead atoms. The number of nitrogens with two attached hydrogens (primary N) is 1. The van der Waals surface area contributed by atoms with E-state index in [1.54, 1.807) is 0 Å². The van der Waals surface area contributed by atoms with E-state index >= 15 is 0 Å². The van der Waals surface area contributed by atoms with Gasteiger partial charge in [-0.3, -0.25) is 0 Å². The van der Waals surface area contributed by atoms with Crippen LogP contribution in [0.4, 0.5) is 11.8 Å². The van der Waals surface area contributed by atoms with Crippen molar-refractivity contribution in [2.75, 3.05) is 17.2 Å². The molecule has 0 spiro atoms. The lowest BCUT2D eigenvalue weighted by atomic mass is 10.3. The van der Waals surface area contributed by atoms with Gasteiger partial charge in [0.1, 0.15) is 5.82 Å². The first kappa shape index (κ1) is 9.96. The fourth-order valence-corrected chi connectivity index (χ4v) is 1.68. The molecule has 0 aromatic carbocycles. The zero-order valence-electron chi connectivity index (χ0n) is 8.98. The maximum atomic E-state index is 5.64. The Morgan fingerprint density at radius 1 is 1.60 bits per heavy atom. The highest BCUT2D eigenvalue weighted by Gasteiger charge is 2.29. The lowest BCUT2D eigenvalue weighted by Crippen LogP contribution is -2.27. The highest BCUT2D eigenvalue weighted by atomic mass is 15.2. The topological polar surface area (TPSA) is 55.0 Å². The van der Waals surface area contributed by atoms with Crippen LogP contribution in [0.2, 0.25) is 0 Å². The van der Waals surface area contributed by atoms with Crippen molar-refractivity contribution in [2.45, 2.75) is 25.8 Å². The molecule has 0 amide bonds. The summed E-state index contributed by atoms with van der Waals surface area (Å²) in [5, 5.41) is 0. The third-order valence-corrected chi connectivity index (χ3v) is 2.47. The molecule has 15 heavy (non-hydrogen) atoms. The van der Waals surface area contributed by atoms with Crippen LogP contribution in [-0.4, -0.2) is 22.6 Å². The molecule has 0 radical (unpaired) electrons. The molecule has 0 unspecified atom stereocenters. The average Bonchev–Trinajstić information content (AvgIpc) is 2.95. The highest BCUT2D eigenvalue weighted by molar-refractivity contribution is 5.46. The first-order chi connectivity index (χ1) is 7.20. The van der Waals surface area contributed by atoms with Crippen molar-refractivity contribution in [1.82, 2.24) is 9.97 Å². The Hall–Kier alpha value is -1.58. The van der Waals surface area contributed by atoms with E-state index < -0.39 is 0 Å². The van der Waals surface area contributed by atoms with Gasteiger partial charge in [-0.2, -0.15) is 4.98 Å². The number of aromatic nitrogens is 2. The van der Waals surface area contributed by atoms with E-state index in [-0.39, 0.29) is 0 Å². The number of hydrogen-bond acceptors (Lipinski definition) is 4. The molecule has 2 rings (SSSR count). The van der Waals surface area contributed by atoms with Gasteiger partial charge in [0.05, 0.1) is 0 Å². The Kier molecular flexibility index (Phi) is 2.58. The Balaban J connectivity index is 2.27. The first-order valence-electron chi connectivity index (χ1n) is 5.19. The first-order valence-corrected chi connectivity index (χ1v) is 5.19. The van der Waals surface area contributed by atoms with Crippen molar-refractivity contribution >= 4 is 11.8 Å². The summed E-state index contributed by atoms with van der Waals surface area (Å²) in [7, 11) is 0. The van der Waals surface area contributed by atoms with Gasteiger partial charge in [-0.15, -0.1) is 6.58 Å². The molecule has 0 saturated heterocycles. The van der Waals surface area contributed by atoms with Gasteiger partial charge < -0.3 is 10.6 Å². The Morgan fingerprint density at radius 2 is 2.33 bits per heavy atom. The minimum Gasteiger partial charge on any atom is -0.368 e. The van der Waals surface area contributed by atoms with E-state index in [0.29, 0.717) is 12.0 Å². The van der Waals surface area contributed by atoms with Gasteiger partial charge in [-0.25, -0.2) is 4.98 Å². The van der Waals surface area contributed by atoms with E-state index in [1.165, 1.54) is 12.8 Å². The lowest BCUT2D eigenvalue weighted by Gasteiger charge is -2.21. The fraction of sp³-hybridized carbons (Fsp3) is 0.455. The molecule has 1 aliphatic rings. The van der Waals surface area contributed by atoms with Crippen LogP contribution in [0.1, 0.15) is 18.5 Å². The molecule has 1 heterocycles. The van der Waals surface area contributed by atoms with E-state index in [1.807, 2.05) is 19.1 Å². The van der Waals surface area contributed by atoms with E-state index in [9.17, 15) is 0 Å². The second-order valence-electron chi connectivity index (χ2n) is 3.90. The summed E-state index contributed by atoms with van der Waals surface area (Å²) in [6.45, 7) is 6.52. The van der Waals surface area contributed by atoms with Crippen LogP contribution in [0, 0.1) is 6.92 Å². The number of nitrogen functional groups attached to an aromatic ring is 1. The molecule has 0 atom stereocenters. The summed E-state index contributed by atoms with van der Waals surface area (Å²) in [4.78, 5) is 10.6. The number of anilines is 2. The number of hydrogen-bond donors (Lipinski definition) is 1. The Bertz CT molecular complexity index is 351. The van der Waals surface area contributed by atoms with Crippen LogP contribution >= 0.6 is 0 Å². The van der Waals surface area contributed by atoms with Crippen LogP contribution in [0.15, 0.2) is 18.7 Å². The molecule has 1 aromatic rings. The monoisotopic (exact) mass is 204 g/mol. The van der Waals surface area contributed by atoms with Crippen LogP contribution in [0.5, 0.6) is 0 Å². The second kappa shape index (κ2) is 3.88. The number of rotatable bonds is 4.